The second kappa shape index (κ2) is 3.18. The Balaban J connectivity index is 0.0000000922. The number of likely N-dealkylation sites (N-methyl/N-ethyl adjacent to an activating group) is 1. The van der Waals surface area contributed by atoms with Gasteiger partial charge in [-0.3, -0.25) is 0 Å². The molecule has 0 saturated carbocycles. The minimum atomic E-state index is 0.583. The summed E-state index contributed by atoms with van der Waals surface area (Å²) in [6.45, 7) is 9.17. The number of nitrogens with zero attached hydrogens (tertiary/aromatic N) is 1. The molecule has 0 bridgehead atoms. The van der Waals surface area contributed by atoms with E-state index in [4.69, 9.17) is 4.74 Å². The van der Waals surface area contributed by atoms with Crippen LogP contribution in [0.15, 0.2) is 0 Å². The van der Waals surface area contributed by atoms with Crippen molar-refractivity contribution in [2.24, 2.45) is 0 Å². The third-order valence-corrected chi connectivity index (χ3v) is 1.49. The maximum Gasteiger partial charge on any atom is 0.0781 e. The van der Waals surface area contributed by atoms with E-state index in [0.29, 0.717) is 6.10 Å². The lowest BCUT2D eigenvalue weighted by molar-refractivity contribution is 0.423. The summed E-state index contributed by atoms with van der Waals surface area (Å²) in [5, 5.41) is 0. The molecule has 54 valence electrons. The van der Waals surface area contributed by atoms with E-state index < -0.39 is 0 Å². The molecule has 0 spiro atoms. The van der Waals surface area contributed by atoms with Crippen LogP contribution in [0.25, 0.3) is 0 Å². The van der Waals surface area contributed by atoms with Gasteiger partial charge in [-0.2, -0.15) is 0 Å². The average Bonchev–Trinajstić information content (AvgIpc) is 2.57. The van der Waals surface area contributed by atoms with Gasteiger partial charge in [0.15, 0.2) is 0 Å². The molecule has 0 radical (unpaired) electrons. The van der Waals surface area contributed by atoms with Gasteiger partial charge in [0, 0.05) is 13.1 Å². The van der Waals surface area contributed by atoms with Gasteiger partial charge in [-0.05, 0) is 13.5 Å². The van der Waals surface area contributed by atoms with Crippen LogP contribution in [0.5, 0.6) is 0 Å². The summed E-state index contributed by atoms with van der Waals surface area (Å²) in [6.07, 6.45) is 0.583. The molecule has 2 rings (SSSR count). The smallest absolute Gasteiger partial charge is 0.0781 e. The highest BCUT2D eigenvalue weighted by atomic mass is 16.6. The van der Waals surface area contributed by atoms with Crippen molar-refractivity contribution in [1.82, 2.24) is 4.90 Å². The first kappa shape index (κ1) is 7.03. The highest BCUT2D eigenvalue weighted by Gasteiger charge is 2.13. The van der Waals surface area contributed by atoms with Crippen LogP contribution in [0.3, 0.4) is 0 Å². The second-order valence-electron chi connectivity index (χ2n) is 2.58. The monoisotopic (exact) mass is 129 g/mol. The Hall–Kier alpha value is -0.0800. The van der Waals surface area contributed by atoms with Crippen LogP contribution in [0.2, 0.25) is 0 Å². The van der Waals surface area contributed by atoms with Crippen molar-refractivity contribution in [3.8, 4) is 0 Å². The third-order valence-electron chi connectivity index (χ3n) is 1.49. The molecule has 2 fully saturated rings. The molecule has 0 aliphatic carbocycles. The molecular weight excluding hydrogens is 114 g/mol. The zero-order valence-electron chi connectivity index (χ0n) is 6.26. The fourth-order valence-corrected chi connectivity index (χ4v) is 0.483. The molecule has 2 nitrogen and oxygen atoms in total. The zero-order valence-corrected chi connectivity index (χ0v) is 6.26. The van der Waals surface area contributed by atoms with Crippen LogP contribution in [0.1, 0.15) is 13.8 Å². The van der Waals surface area contributed by atoms with Gasteiger partial charge < -0.3 is 9.64 Å². The zero-order chi connectivity index (χ0) is 6.69. The molecule has 0 amide bonds. The lowest BCUT2D eigenvalue weighted by Gasteiger charge is -1.81. The number of hydrogen-bond acceptors (Lipinski definition) is 2. The first-order valence-electron chi connectivity index (χ1n) is 3.67. The molecule has 2 aliphatic heterocycles. The van der Waals surface area contributed by atoms with Gasteiger partial charge in [-0.15, -0.1) is 0 Å². The molecule has 0 N–H and O–H groups in total. The molecular formula is C7H15NO. The predicted octanol–water partition coefficient (Wildman–Crippen LogP) is 0.727. The fourth-order valence-electron chi connectivity index (χ4n) is 0.483. The quantitative estimate of drug-likeness (QED) is 0.485. The normalized spacial score (nSPS) is 30.7. The molecule has 1 atom stereocenters. The van der Waals surface area contributed by atoms with Crippen LogP contribution in [-0.4, -0.2) is 37.2 Å². The largest absolute Gasteiger partial charge is 0.373 e. The van der Waals surface area contributed by atoms with E-state index in [0.717, 1.165) is 6.61 Å². The Labute approximate surface area is 56.8 Å². The Bertz CT molecular complexity index is 77.0. The number of hydrogen-bond donors (Lipinski definition) is 0. The molecule has 2 aliphatic rings. The molecule has 2 saturated heterocycles. The Morgan fingerprint density at radius 2 is 2.00 bits per heavy atom. The van der Waals surface area contributed by atoms with Crippen molar-refractivity contribution in [2.75, 3.05) is 26.2 Å². The van der Waals surface area contributed by atoms with Crippen molar-refractivity contribution < 1.29 is 4.74 Å². The summed E-state index contributed by atoms with van der Waals surface area (Å²) in [5.41, 5.74) is 0. The standard InChI is InChI=1S/C4H9N.C3H6O/c1-2-5-3-4-5;1-3-2-4-3/h2-4H2,1H3;3H,2H2,1H3. The van der Waals surface area contributed by atoms with E-state index in [9.17, 15) is 0 Å². The van der Waals surface area contributed by atoms with Crippen molar-refractivity contribution in [2.45, 2.75) is 20.0 Å². The van der Waals surface area contributed by atoms with Gasteiger partial charge in [0.05, 0.1) is 12.7 Å². The van der Waals surface area contributed by atoms with E-state index in [1.165, 1.54) is 19.6 Å². The Morgan fingerprint density at radius 3 is 2.00 bits per heavy atom. The number of rotatable bonds is 1. The topological polar surface area (TPSA) is 15.5 Å². The van der Waals surface area contributed by atoms with E-state index in [-0.39, 0.29) is 0 Å². The van der Waals surface area contributed by atoms with E-state index in [2.05, 4.69) is 18.7 Å². The van der Waals surface area contributed by atoms with E-state index in [1.54, 1.807) is 0 Å². The minimum Gasteiger partial charge on any atom is -0.373 e. The molecule has 9 heavy (non-hydrogen) atoms. The average molecular weight is 129 g/mol. The summed E-state index contributed by atoms with van der Waals surface area (Å²) in [6, 6.07) is 0. The van der Waals surface area contributed by atoms with Crippen LogP contribution in [0.4, 0.5) is 0 Å². The van der Waals surface area contributed by atoms with Crippen LogP contribution in [-0.2, 0) is 4.74 Å². The lowest BCUT2D eigenvalue weighted by atomic mass is 10.6. The Morgan fingerprint density at radius 1 is 1.56 bits per heavy atom. The van der Waals surface area contributed by atoms with E-state index in [1.807, 2.05) is 0 Å². The fraction of sp³-hybridized carbons (Fsp3) is 1.00. The van der Waals surface area contributed by atoms with Gasteiger partial charge in [0.25, 0.3) is 0 Å². The van der Waals surface area contributed by atoms with Crippen molar-refractivity contribution in [3.63, 3.8) is 0 Å². The van der Waals surface area contributed by atoms with Gasteiger partial charge in [0.2, 0.25) is 0 Å². The van der Waals surface area contributed by atoms with Gasteiger partial charge >= 0.3 is 0 Å². The molecule has 0 aromatic carbocycles. The highest BCUT2D eigenvalue weighted by Crippen LogP contribution is 2.04. The summed E-state index contributed by atoms with van der Waals surface area (Å²) >= 11 is 0. The molecule has 0 aromatic rings. The third kappa shape index (κ3) is 4.43. The first-order valence-corrected chi connectivity index (χ1v) is 3.67. The predicted molar refractivity (Wildman–Crippen MR) is 37.5 cm³/mol. The number of ether oxygens (including phenoxy) is 1. The minimum absolute atomic E-state index is 0.583. The van der Waals surface area contributed by atoms with Gasteiger partial charge in [-0.1, -0.05) is 6.92 Å². The molecule has 2 heterocycles. The summed E-state index contributed by atoms with van der Waals surface area (Å²) < 4.78 is 4.71. The van der Waals surface area contributed by atoms with Gasteiger partial charge in [0.1, 0.15) is 0 Å². The van der Waals surface area contributed by atoms with Crippen LogP contribution in [0, 0.1) is 0 Å². The summed E-state index contributed by atoms with van der Waals surface area (Å²) in [7, 11) is 0. The van der Waals surface area contributed by atoms with Crippen molar-refractivity contribution >= 4 is 0 Å². The number of epoxide rings is 1. The Kier molecular flexibility index (Phi) is 2.49. The van der Waals surface area contributed by atoms with Crippen molar-refractivity contribution in [1.29, 1.82) is 0 Å². The first-order chi connectivity index (χ1) is 4.33. The maximum atomic E-state index is 4.71. The second-order valence-corrected chi connectivity index (χ2v) is 2.58. The van der Waals surface area contributed by atoms with Gasteiger partial charge in [-0.25, -0.2) is 0 Å². The SMILES string of the molecule is CC1CO1.CCN1CC1. The van der Waals surface area contributed by atoms with Crippen molar-refractivity contribution in [3.05, 3.63) is 0 Å². The highest BCUT2D eigenvalue weighted by molar-refractivity contribution is 4.68. The summed E-state index contributed by atoms with van der Waals surface area (Å²) in [5.74, 6) is 0. The molecule has 0 aromatic heterocycles. The van der Waals surface area contributed by atoms with Crippen LogP contribution >= 0.6 is 0 Å². The van der Waals surface area contributed by atoms with Crippen LogP contribution < -0.4 is 0 Å². The lowest BCUT2D eigenvalue weighted by Crippen LogP contribution is -1.89. The molecule has 2 heteroatoms. The molecule has 1 unspecified atom stereocenters. The van der Waals surface area contributed by atoms with E-state index >= 15 is 0 Å². The summed E-state index contributed by atoms with van der Waals surface area (Å²) in [4.78, 5) is 2.38. The maximum absolute atomic E-state index is 4.71.